The highest BCUT2D eigenvalue weighted by molar-refractivity contribution is 5.93. The number of fused-ring (bicyclic) bond motifs is 1. The topological polar surface area (TPSA) is 59.6 Å². The number of hydrogen-bond acceptors (Lipinski definition) is 2. The summed E-state index contributed by atoms with van der Waals surface area (Å²) in [5.74, 6) is 0.518. The summed E-state index contributed by atoms with van der Waals surface area (Å²) in [6, 6.07) is 6.44. The van der Waals surface area contributed by atoms with Crippen LogP contribution in [0.3, 0.4) is 0 Å². The molecular weight excluding hydrogens is 274 g/mol. The van der Waals surface area contributed by atoms with Crippen LogP contribution in [0.1, 0.15) is 49.7 Å². The molecule has 0 unspecified atom stereocenters. The van der Waals surface area contributed by atoms with Crippen molar-refractivity contribution in [2.24, 2.45) is 10.7 Å². The zero-order chi connectivity index (χ0) is 15.4. The van der Waals surface area contributed by atoms with Gasteiger partial charge in [0.2, 0.25) is 0 Å². The summed E-state index contributed by atoms with van der Waals surface area (Å²) in [5, 5.41) is 3.30. The van der Waals surface area contributed by atoms with Crippen molar-refractivity contribution in [3.8, 4) is 0 Å². The van der Waals surface area contributed by atoms with E-state index in [4.69, 9.17) is 10.5 Å². The number of ether oxygens (including phenoxy) is 1. The van der Waals surface area contributed by atoms with Gasteiger partial charge in [0.05, 0.1) is 5.60 Å². The zero-order valence-electron chi connectivity index (χ0n) is 13.5. The first-order valence-corrected chi connectivity index (χ1v) is 8.45. The van der Waals surface area contributed by atoms with Gasteiger partial charge in [-0.25, -0.2) is 0 Å². The van der Waals surface area contributed by atoms with Crippen molar-refractivity contribution in [2.45, 2.75) is 57.0 Å². The van der Waals surface area contributed by atoms with Gasteiger partial charge in [0.1, 0.15) is 0 Å². The molecule has 22 heavy (non-hydrogen) atoms. The molecule has 0 aromatic heterocycles. The van der Waals surface area contributed by atoms with Gasteiger partial charge in [0, 0.05) is 19.3 Å². The molecular formula is C18H27N3O. The van der Waals surface area contributed by atoms with E-state index in [0.717, 1.165) is 37.9 Å². The van der Waals surface area contributed by atoms with Gasteiger partial charge >= 0.3 is 0 Å². The van der Waals surface area contributed by atoms with E-state index >= 15 is 0 Å². The van der Waals surface area contributed by atoms with Gasteiger partial charge in [-0.3, -0.25) is 4.99 Å². The Morgan fingerprint density at radius 2 is 2.09 bits per heavy atom. The van der Waals surface area contributed by atoms with Gasteiger partial charge in [0.25, 0.3) is 0 Å². The molecule has 1 aromatic carbocycles. The van der Waals surface area contributed by atoms with Gasteiger partial charge < -0.3 is 15.8 Å². The van der Waals surface area contributed by atoms with Crippen LogP contribution in [0.5, 0.6) is 0 Å². The van der Waals surface area contributed by atoms with Crippen molar-refractivity contribution >= 4 is 11.6 Å². The van der Waals surface area contributed by atoms with Gasteiger partial charge in [-0.15, -0.1) is 0 Å². The highest BCUT2D eigenvalue weighted by atomic mass is 16.5. The number of rotatable bonds is 5. The number of benzene rings is 1. The Kier molecular flexibility index (Phi) is 4.67. The molecule has 3 rings (SSSR count). The smallest absolute Gasteiger partial charge is 0.193 e. The fourth-order valence-corrected chi connectivity index (χ4v) is 3.58. The quantitative estimate of drug-likeness (QED) is 0.648. The summed E-state index contributed by atoms with van der Waals surface area (Å²) in [7, 11) is 1.81. The van der Waals surface area contributed by atoms with Crippen LogP contribution < -0.4 is 11.1 Å². The maximum absolute atomic E-state index is 6.07. The third kappa shape index (κ3) is 3.27. The summed E-state index contributed by atoms with van der Waals surface area (Å²) in [6.07, 6.45) is 9.40. The lowest BCUT2D eigenvalue weighted by Gasteiger charge is -2.40. The molecule has 0 radical (unpaired) electrons. The normalized spacial score (nSPS) is 20.1. The molecule has 0 aliphatic heterocycles. The highest BCUT2D eigenvalue weighted by Crippen LogP contribution is 2.37. The molecule has 0 heterocycles. The minimum atomic E-state index is 0.0652. The second-order valence-corrected chi connectivity index (χ2v) is 6.53. The number of methoxy groups -OCH3 is 1. The zero-order valence-corrected chi connectivity index (χ0v) is 13.5. The summed E-state index contributed by atoms with van der Waals surface area (Å²) in [4.78, 5) is 4.49. The van der Waals surface area contributed by atoms with Crippen LogP contribution in [0, 0.1) is 0 Å². The van der Waals surface area contributed by atoms with E-state index in [1.807, 2.05) is 0 Å². The molecule has 1 fully saturated rings. The van der Waals surface area contributed by atoms with Crippen molar-refractivity contribution in [1.29, 1.82) is 0 Å². The Labute approximate surface area is 133 Å². The average molecular weight is 301 g/mol. The van der Waals surface area contributed by atoms with E-state index in [1.54, 1.807) is 7.11 Å². The van der Waals surface area contributed by atoms with E-state index in [9.17, 15) is 0 Å². The molecule has 0 bridgehead atoms. The van der Waals surface area contributed by atoms with E-state index in [0.29, 0.717) is 5.96 Å². The first-order valence-electron chi connectivity index (χ1n) is 8.45. The Morgan fingerprint density at radius 1 is 1.27 bits per heavy atom. The van der Waals surface area contributed by atoms with Crippen LogP contribution in [-0.4, -0.2) is 25.2 Å². The first kappa shape index (κ1) is 15.3. The number of nitrogens with two attached hydrogens (primary N) is 1. The SMILES string of the molecule is COC1(CCN=C(N)Nc2cccc3c2CCCC3)CCC1. The third-order valence-electron chi connectivity index (χ3n) is 5.21. The van der Waals surface area contributed by atoms with Crippen LogP contribution in [-0.2, 0) is 17.6 Å². The molecule has 2 aliphatic carbocycles. The van der Waals surface area contributed by atoms with Gasteiger partial charge in [-0.2, -0.15) is 0 Å². The molecule has 3 N–H and O–H groups in total. The predicted octanol–water partition coefficient (Wildman–Crippen LogP) is 3.25. The Bertz CT molecular complexity index is 544. The van der Waals surface area contributed by atoms with Crippen LogP contribution in [0.4, 0.5) is 5.69 Å². The lowest BCUT2D eigenvalue weighted by Crippen LogP contribution is -2.40. The molecule has 0 amide bonds. The van der Waals surface area contributed by atoms with E-state index in [1.165, 1.54) is 36.8 Å². The van der Waals surface area contributed by atoms with Crippen molar-refractivity contribution in [3.05, 3.63) is 29.3 Å². The molecule has 120 valence electrons. The molecule has 0 spiro atoms. The van der Waals surface area contributed by atoms with Gasteiger partial charge in [-0.1, -0.05) is 12.1 Å². The van der Waals surface area contributed by atoms with Crippen LogP contribution in [0.25, 0.3) is 0 Å². The fourth-order valence-electron chi connectivity index (χ4n) is 3.58. The Morgan fingerprint density at radius 3 is 2.82 bits per heavy atom. The molecule has 4 nitrogen and oxygen atoms in total. The monoisotopic (exact) mass is 301 g/mol. The van der Waals surface area contributed by atoms with Gasteiger partial charge in [0.15, 0.2) is 5.96 Å². The lowest BCUT2D eigenvalue weighted by molar-refractivity contribution is -0.0754. The second kappa shape index (κ2) is 6.69. The maximum Gasteiger partial charge on any atom is 0.193 e. The summed E-state index contributed by atoms with van der Waals surface area (Å²) in [5.41, 5.74) is 10.1. The molecule has 1 saturated carbocycles. The fraction of sp³-hybridized carbons (Fsp3) is 0.611. The predicted molar refractivity (Wildman–Crippen MR) is 91.4 cm³/mol. The molecule has 0 saturated heterocycles. The molecule has 1 aromatic rings. The summed E-state index contributed by atoms with van der Waals surface area (Å²) in [6.45, 7) is 0.724. The second-order valence-electron chi connectivity index (χ2n) is 6.53. The van der Waals surface area contributed by atoms with Crippen molar-refractivity contribution in [2.75, 3.05) is 19.0 Å². The van der Waals surface area contributed by atoms with Crippen molar-refractivity contribution < 1.29 is 4.74 Å². The molecule has 2 aliphatic rings. The number of aryl methyl sites for hydroxylation is 1. The molecule has 4 heteroatoms. The number of aliphatic imine (C=N–C) groups is 1. The third-order valence-corrected chi connectivity index (χ3v) is 5.21. The van der Waals surface area contributed by atoms with E-state index in [-0.39, 0.29) is 5.60 Å². The van der Waals surface area contributed by atoms with Crippen LogP contribution >= 0.6 is 0 Å². The highest BCUT2D eigenvalue weighted by Gasteiger charge is 2.36. The minimum absolute atomic E-state index is 0.0652. The van der Waals surface area contributed by atoms with Crippen LogP contribution in [0.15, 0.2) is 23.2 Å². The maximum atomic E-state index is 6.07. The lowest BCUT2D eigenvalue weighted by atomic mass is 9.77. The van der Waals surface area contributed by atoms with Gasteiger partial charge in [-0.05, 0) is 68.6 Å². The number of nitrogens with one attached hydrogen (secondary N) is 1. The number of guanidine groups is 1. The Balaban J connectivity index is 1.59. The summed E-state index contributed by atoms with van der Waals surface area (Å²) >= 11 is 0. The summed E-state index contributed by atoms with van der Waals surface area (Å²) < 4.78 is 5.62. The van der Waals surface area contributed by atoms with Crippen molar-refractivity contribution in [3.63, 3.8) is 0 Å². The van der Waals surface area contributed by atoms with Crippen molar-refractivity contribution in [1.82, 2.24) is 0 Å². The van der Waals surface area contributed by atoms with Crippen LogP contribution in [0.2, 0.25) is 0 Å². The number of hydrogen-bond donors (Lipinski definition) is 2. The minimum Gasteiger partial charge on any atom is -0.378 e. The average Bonchev–Trinajstić information content (AvgIpc) is 2.50. The largest absolute Gasteiger partial charge is 0.378 e. The Hall–Kier alpha value is -1.55. The number of anilines is 1. The molecule has 0 atom stereocenters. The first-order chi connectivity index (χ1) is 10.7. The van der Waals surface area contributed by atoms with E-state index < -0.39 is 0 Å². The number of nitrogens with zero attached hydrogens (tertiary/aromatic N) is 1. The standard InChI is InChI=1S/C18H27N3O/c1-22-18(10-5-11-18)12-13-20-17(19)21-16-9-4-7-14-6-2-3-8-15(14)16/h4,7,9H,2-3,5-6,8,10-13H2,1H3,(H3,19,20,21). The van der Waals surface area contributed by atoms with E-state index in [2.05, 4.69) is 28.5 Å².